The van der Waals surface area contributed by atoms with Crippen LogP contribution in [0.15, 0.2) is 23.7 Å². The van der Waals surface area contributed by atoms with Gasteiger partial charge in [0, 0.05) is 0 Å². The summed E-state index contributed by atoms with van der Waals surface area (Å²) < 4.78 is 5.00. The standard InChI is InChI=1S/C7H10N2O2S/c8-7-5(11-4-3-10)1-2-6(12)9-7/h1-3,6,9,12H,4,8H2. The predicted octanol–water partition coefficient (Wildman–Crippen LogP) is -0.255. The maximum Gasteiger partial charge on any atom is 0.159 e. The van der Waals surface area contributed by atoms with Crippen LogP contribution in [0.25, 0.3) is 0 Å². The molecule has 1 aliphatic heterocycles. The molecule has 1 atom stereocenters. The van der Waals surface area contributed by atoms with Crippen molar-refractivity contribution in [2.75, 3.05) is 6.61 Å². The van der Waals surface area contributed by atoms with Crippen LogP contribution >= 0.6 is 12.6 Å². The Bertz CT molecular complexity index is 238. The first-order chi connectivity index (χ1) is 5.74. The molecule has 0 aliphatic carbocycles. The van der Waals surface area contributed by atoms with Crippen molar-refractivity contribution in [3.8, 4) is 0 Å². The molecule has 1 heterocycles. The fourth-order valence-electron chi connectivity index (χ4n) is 0.797. The highest BCUT2D eigenvalue weighted by atomic mass is 32.1. The molecule has 1 rings (SSSR count). The number of allylic oxidation sites excluding steroid dienone is 1. The lowest BCUT2D eigenvalue weighted by atomic mass is 10.3. The van der Waals surface area contributed by atoms with Gasteiger partial charge in [-0.1, -0.05) is 0 Å². The zero-order valence-corrected chi connectivity index (χ0v) is 7.25. The summed E-state index contributed by atoms with van der Waals surface area (Å²) in [4.78, 5) is 9.97. The fraction of sp³-hybridized carbons (Fsp3) is 0.286. The van der Waals surface area contributed by atoms with E-state index in [4.69, 9.17) is 10.5 Å². The molecule has 0 aromatic carbocycles. The van der Waals surface area contributed by atoms with Crippen LogP contribution in [0.1, 0.15) is 0 Å². The normalized spacial score (nSPS) is 21.9. The number of carbonyl (C=O) groups is 1. The zero-order valence-electron chi connectivity index (χ0n) is 6.36. The second-order valence-electron chi connectivity index (χ2n) is 2.20. The highest BCUT2D eigenvalue weighted by Crippen LogP contribution is 2.10. The zero-order chi connectivity index (χ0) is 8.97. The largest absolute Gasteiger partial charge is 0.482 e. The number of ether oxygens (including phenoxy) is 1. The highest BCUT2D eigenvalue weighted by molar-refractivity contribution is 7.81. The van der Waals surface area contributed by atoms with Gasteiger partial charge in [-0.05, 0) is 12.2 Å². The van der Waals surface area contributed by atoms with Crippen molar-refractivity contribution in [2.24, 2.45) is 5.73 Å². The molecule has 0 spiro atoms. The average Bonchev–Trinajstić information content (AvgIpc) is 2.03. The minimum absolute atomic E-state index is 0.0132. The summed E-state index contributed by atoms with van der Waals surface area (Å²) in [7, 11) is 0. The van der Waals surface area contributed by atoms with Gasteiger partial charge in [0.05, 0.1) is 5.37 Å². The van der Waals surface area contributed by atoms with E-state index in [9.17, 15) is 4.79 Å². The number of rotatable bonds is 3. The van der Waals surface area contributed by atoms with Gasteiger partial charge in [0.2, 0.25) is 0 Å². The summed E-state index contributed by atoms with van der Waals surface area (Å²) >= 11 is 4.12. The van der Waals surface area contributed by atoms with E-state index in [-0.39, 0.29) is 12.0 Å². The number of hydrogen-bond donors (Lipinski definition) is 3. The molecule has 12 heavy (non-hydrogen) atoms. The highest BCUT2D eigenvalue weighted by Gasteiger charge is 2.09. The first-order valence-corrected chi connectivity index (χ1v) is 3.94. The van der Waals surface area contributed by atoms with Crippen LogP contribution in [0.5, 0.6) is 0 Å². The molecule has 0 radical (unpaired) electrons. The quantitative estimate of drug-likeness (QED) is 0.420. The second kappa shape index (κ2) is 4.06. The Morgan fingerprint density at radius 3 is 3.17 bits per heavy atom. The molecule has 5 heteroatoms. The molecule has 0 saturated heterocycles. The number of hydrogen-bond acceptors (Lipinski definition) is 5. The van der Waals surface area contributed by atoms with E-state index in [1.165, 1.54) is 0 Å². The maximum atomic E-state index is 9.97. The van der Waals surface area contributed by atoms with Gasteiger partial charge in [-0.25, -0.2) is 0 Å². The van der Waals surface area contributed by atoms with Crippen LogP contribution in [0, 0.1) is 0 Å². The minimum Gasteiger partial charge on any atom is -0.482 e. The molecule has 0 saturated carbocycles. The summed E-state index contributed by atoms with van der Waals surface area (Å²) in [6.07, 6.45) is 4.13. The lowest BCUT2D eigenvalue weighted by Gasteiger charge is -2.18. The van der Waals surface area contributed by atoms with E-state index >= 15 is 0 Å². The van der Waals surface area contributed by atoms with Crippen LogP contribution in [-0.4, -0.2) is 18.3 Å². The van der Waals surface area contributed by atoms with Crippen molar-refractivity contribution in [1.29, 1.82) is 0 Å². The van der Waals surface area contributed by atoms with E-state index in [1.54, 1.807) is 12.2 Å². The Kier molecular flexibility index (Phi) is 3.04. The van der Waals surface area contributed by atoms with Crippen molar-refractivity contribution in [3.05, 3.63) is 23.7 Å². The Balaban J connectivity index is 2.57. The molecule has 0 aromatic heterocycles. The number of nitrogens with one attached hydrogen (secondary N) is 1. The predicted molar refractivity (Wildman–Crippen MR) is 48.3 cm³/mol. The third kappa shape index (κ3) is 2.20. The molecular formula is C7H10N2O2S. The topological polar surface area (TPSA) is 64.3 Å². The van der Waals surface area contributed by atoms with Gasteiger partial charge in [-0.15, -0.1) is 0 Å². The van der Waals surface area contributed by atoms with E-state index in [0.29, 0.717) is 17.9 Å². The Morgan fingerprint density at radius 1 is 1.83 bits per heavy atom. The van der Waals surface area contributed by atoms with Crippen molar-refractivity contribution in [1.82, 2.24) is 5.32 Å². The first kappa shape index (κ1) is 8.99. The van der Waals surface area contributed by atoms with Crippen LogP contribution in [0.2, 0.25) is 0 Å². The average molecular weight is 186 g/mol. The SMILES string of the molecule is NC1=C(OCC=O)C=CC(S)N1. The number of carbonyl (C=O) groups excluding carboxylic acids is 1. The summed E-state index contributed by atoms with van der Waals surface area (Å²) in [5, 5.41) is 2.74. The third-order valence-corrected chi connectivity index (χ3v) is 1.61. The van der Waals surface area contributed by atoms with Crippen LogP contribution in [0.3, 0.4) is 0 Å². The Labute approximate surface area is 75.9 Å². The van der Waals surface area contributed by atoms with Gasteiger partial charge in [0.25, 0.3) is 0 Å². The molecule has 3 N–H and O–H groups in total. The smallest absolute Gasteiger partial charge is 0.159 e. The van der Waals surface area contributed by atoms with Gasteiger partial charge in [-0.3, -0.25) is 4.79 Å². The van der Waals surface area contributed by atoms with Crippen LogP contribution in [-0.2, 0) is 9.53 Å². The molecule has 1 aliphatic rings. The van der Waals surface area contributed by atoms with Gasteiger partial charge in [-0.2, -0.15) is 12.6 Å². The third-order valence-electron chi connectivity index (χ3n) is 1.31. The molecule has 0 fully saturated rings. The molecule has 1 unspecified atom stereocenters. The van der Waals surface area contributed by atoms with Crippen LogP contribution < -0.4 is 11.1 Å². The minimum atomic E-state index is -0.0893. The van der Waals surface area contributed by atoms with Crippen LogP contribution in [0.4, 0.5) is 0 Å². The molecular weight excluding hydrogens is 176 g/mol. The van der Waals surface area contributed by atoms with Crippen molar-refractivity contribution in [3.63, 3.8) is 0 Å². The number of nitrogens with two attached hydrogens (primary N) is 1. The Hall–Kier alpha value is -1.10. The second-order valence-corrected chi connectivity index (χ2v) is 2.76. The Morgan fingerprint density at radius 2 is 2.58 bits per heavy atom. The number of thiol groups is 1. The molecule has 66 valence electrons. The van der Waals surface area contributed by atoms with Crippen molar-refractivity contribution < 1.29 is 9.53 Å². The molecule has 0 aromatic rings. The molecule has 4 nitrogen and oxygen atoms in total. The molecule has 0 amide bonds. The van der Waals surface area contributed by atoms with E-state index in [1.807, 2.05) is 0 Å². The number of aldehydes is 1. The fourth-order valence-corrected chi connectivity index (χ4v) is 1.02. The van der Waals surface area contributed by atoms with Gasteiger partial charge in [0.15, 0.2) is 12.0 Å². The number of dihydropyridines is 1. The first-order valence-electron chi connectivity index (χ1n) is 3.43. The summed E-state index contributed by atoms with van der Waals surface area (Å²) in [5.74, 6) is 0.881. The van der Waals surface area contributed by atoms with Gasteiger partial charge >= 0.3 is 0 Å². The lowest BCUT2D eigenvalue weighted by Crippen LogP contribution is -2.31. The van der Waals surface area contributed by atoms with Crippen molar-refractivity contribution in [2.45, 2.75) is 5.37 Å². The lowest BCUT2D eigenvalue weighted by molar-refractivity contribution is -0.110. The summed E-state index contributed by atoms with van der Waals surface area (Å²) in [6, 6.07) is 0. The summed E-state index contributed by atoms with van der Waals surface area (Å²) in [5.41, 5.74) is 5.54. The molecule has 0 bridgehead atoms. The van der Waals surface area contributed by atoms with Gasteiger partial charge in [0.1, 0.15) is 12.4 Å². The van der Waals surface area contributed by atoms with Gasteiger partial charge < -0.3 is 15.8 Å². The monoisotopic (exact) mass is 186 g/mol. The van der Waals surface area contributed by atoms with E-state index in [0.717, 1.165) is 0 Å². The van der Waals surface area contributed by atoms with E-state index in [2.05, 4.69) is 17.9 Å². The van der Waals surface area contributed by atoms with E-state index < -0.39 is 0 Å². The maximum absolute atomic E-state index is 9.97. The summed E-state index contributed by atoms with van der Waals surface area (Å²) in [6.45, 7) is 0.0132. The van der Waals surface area contributed by atoms with Crippen molar-refractivity contribution >= 4 is 18.9 Å².